The normalized spacial score (nSPS) is 17.2. The molecule has 0 fully saturated rings. The molecule has 1 N–H and O–H groups in total. The number of nitrogens with one attached hydrogen (secondary N) is 1. The molecule has 152 valence electrons. The van der Waals surface area contributed by atoms with Crippen LogP contribution in [0.5, 0.6) is 0 Å². The van der Waals surface area contributed by atoms with Crippen LogP contribution in [0, 0.1) is 5.95 Å². The fourth-order valence-corrected chi connectivity index (χ4v) is 4.74. The van der Waals surface area contributed by atoms with Crippen LogP contribution in [0.15, 0.2) is 35.3 Å². The van der Waals surface area contributed by atoms with Crippen LogP contribution in [0.2, 0.25) is 10.0 Å². The maximum absolute atomic E-state index is 13.3. The van der Waals surface area contributed by atoms with Crippen molar-refractivity contribution in [1.29, 1.82) is 0 Å². The van der Waals surface area contributed by atoms with E-state index in [1.165, 1.54) is 12.1 Å². The molecular weight excluding hydrogens is 440 g/mol. The van der Waals surface area contributed by atoms with Crippen LogP contribution in [0.1, 0.15) is 11.4 Å². The van der Waals surface area contributed by atoms with Crippen LogP contribution in [-0.4, -0.2) is 52.3 Å². The number of rotatable bonds is 4. The molecule has 4 rings (SSSR count). The van der Waals surface area contributed by atoms with Gasteiger partial charge in [-0.2, -0.15) is 9.37 Å². The van der Waals surface area contributed by atoms with Gasteiger partial charge < -0.3 is 9.88 Å². The van der Waals surface area contributed by atoms with Crippen LogP contribution in [-0.2, 0) is 22.8 Å². The molecule has 3 heterocycles. The molecule has 1 aliphatic rings. The van der Waals surface area contributed by atoms with Crippen LogP contribution in [0.3, 0.4) is 0 Å². The maximum Gasteiger partial charge on any atom is 0.219 e. The molecule has 0 aliphatic carbocycles. The zero-order valence-electron chi connectivity index (χ0n) is 15.2. The third-order valence-electron chi connectivity index (χ3n) is 4.50. The largest absolute Gasteiger partial charge is 0.338 e. The molecule has 3 aromatic rings. The van der Waals surface area contributed by atoms with Gasteiger partial charge in [0.2, 0.25) is 21.0 Å². The summed E-state index contributed by atoms with van der Waals surface area (Å²) >= 11 is 12.2. The van der Waals surface area contributed by atoms with Crippen molar-refractivity contribution in [2.45, 2.75) is 19.0 Å². The molecule has 1 aromatic carbocycles. The Hall–Kier alpha value is -2.23. The second-order valence-electron chi connectivity index (χ2n) is 6.84. The highest BCUT2D eigenvalue weighted by molar-refractivity contribution is 8.05. The lowest BCUT2D eigenvalue weighted by molar-refractivity contribution is 0.410. The van der Waals surface area contributed by atoms with Gasteiger partial charge >= 0.3 is 0 Å². The highest BCUT2D eigenvalue weighted by atomic mass is 35.5. The first-order valence-corrected chi connectivity index (χ1v) is 11.3. The zero-order valence-corrected chi connectivity index (χ0v) is 17.6. The average molecular weight is 456 g/mol. The number of aliphatic imine (C=N–C) groups is 1. The number of halogens is 3. The first-order valence-electron chi connectivity index (χ1n) is 8.67. The van der Waals surface area contributed by atoms with E-state index in [1.807, 2.05) is 6.07 Å². The number of benzene rings is 1. The summed E-state index contributed by atoms with van der Waals surface area (Å²) in [5.74, 6) is -0.146. The molecule has 11 heteroatoms. The van der Waals surface area contributed by atoms with Gasteiger partial charge in [-0.25, -0.2) is 13.4 Å². The number of imidazole rings is 1. The molecule has 7 nitrogen and oxygen atoms in total. The number of fused-ring (bicyclic) bond motifs is 1. The van der Waals surface area contributed by atoms with E-state index in [0.717, 1.165) is 11.8 Å². The van der Waals surface area contributed by atoms with E-state index in [2.05, 4.69) is 19.9 Å². The summed E-state index contributed by atoms with van der Waals surface area (Å²) in [5, 5.41) is 1.03. The summed E-state index contributed by atoms with van der Waals surface area (Å²) in [6.45, 7) is 0.551. The lowest BCUT2D eigenvalue weighted by Gasteiger charge is -2.18. The highest BCUT2D eigenvalue weighted by Gasteiger charge is 2.32. The lowest BCUT2D eigenvalue weighted by Crippen LogP contribution is -2.34. The summed E-state index contributed by atoms with van der Waals surface area (Å²) in [4.78, 5) is 17.1. The van der Waals surface area contributed by atoms with E-state index >= 15 is 0 Å². The van der Waals surface area contributed by atoms with E-state index in [9.17, 15) is 12.8 Å². The summed E-state index contributed by atoms with van der Waals surface area (Å²) in [6, 6.07) is 7.63. The third kappa shape index (κ3) is 4.36. The van der Waals surface area contributed by atoms with Crippen molar-refractivity contribution in [3.8, 4) is 0 Å². The molecule has 0 saturated carbocycles. The Balaban J connectivity index is 1.58. The Labute approximate surface area is 176 Å². The van der Waals surface area contributed by atoms with Gasteiger partial charge in [0.05, 0.1) is 12.6 Å². The van der Waals surface area contributed by atoms with Gasteiger partial charge in [0.15, 0.2) is 5.65 Å². The number of aromatic nitrogens is 3. The van der Waals surface area contributed by atoms with Crippen LogP contribution < -0.4 is 0 Å². The van der Waals surface area contributed by atoms with Crippen molar-refractivity contribution in [3.05, 3.63) is 57.7 Å². The van der Waals surface area contributed by atoms with Gasteiger partial charge in [0, 0.05) is 22.8 Å². The Kier molecular flexibility index (Phi) is 5.22. The predicted molar refractivity (Wildman–Crippen MR) is 110 cm³/mol. The quantitative estimate of drug-likeness (QED) is 0.609. The van der Waals surface area contributed by atoms with Crippen molar-refractivity contribution in [2.24, 2.45) is 4.99 Å². The molecule has 1 atom stereocenters. The van der Waals surface area contributed by atoms with Crippen LogP contribution in [0.25, 0.3) is 11.2 Å². The van der Waals surface area contributed by atoms with E-state index in [4.69, 9.17) is 23.2 Å². The fourth-order valence-electron chi connectivity index (χ4n) is 3.30. The molecule has 0 spiro atoms. The number of pyridine rings is 1. The number of aromatic amines is 1. The minimum atomic E-state index is -3.55. The van der Waals surface area contributed by atoms with E-state index in [1.54, 1.807) is 17.0 Å². The molecule has 29 heavy (non-hydrogen) atoms. The van der Waals surface area contributed by atoms with Gasteiger partial charge in [0.25, 0.3) is 0 Å². The number of H-pyrrole nitrogens is 1. The smallest absolute Gasteiger partial charge is 0.219 e. The predicted octanol–water partition coefficient (Wildman–Crippen LogP) is 3.23. The SMILES string of the molecule is CS(=O)(=O)C1=NC(Cc2ccc(Cl)cc2Cl)CN1Cc1nc2ccc(F)nc2[nH]1. The Morgan fingerprint density at radius 2 is 2.03 bits per heavy atom. The number of nitrogens with zero attached hydrogens (tertiary/aromatic N) is 4. The lowest BCUT2D eigenvalue weighted by atomic mass is 10.1. The van der Waals surface area contributed by atoms with Crippen molar-refractivity contribution < 1.29 is 12.8 Å². The standard InChI is InChI=1S/C18H16Cl2FN5O2S/c1-29(27,28)18-22-12(6-10-2-3-11(19)7-13(10)20)8-26(18)9-16-23-14-4-5-15(21)24-17(14)25-16/h2-5,7,12H,6,8-9H2,1H3,(H,23,24,25). The van der Waals surface area contributed by atoms with E-state index < -0.39 is 15.8 Å². The number of hydrogen-bond acceptors (Lipinski definition) is 6. The molecule has 0 amide bonds. The molecule has 0 bridgehead atoms. The highest BCUT2D eigenvalue weighted by Crippen LogP contribution is 2.25. The number of amidine groups is 1. The van der Waals surface area contributed by atoms with Crippen LogP contribution in [0.4, 0.5) is 4.39 Å². The Bertz CT molecular complexity index is 1230. The third-order valence-corrected chi connectivity index (χ3v) is 6.11. The second-order valence-corrected chi connectivity index (χ2v) is 9.60. The molecule has 1 unspecified atom stereocenters. The number of sulfone groups is 1. The van der Waals surface area contributed by atoms with Gasteiger partial charge in [-0.1, -0.05) is 29.3 Å². The Morgan fingerprint density at radius 1 is 1.24 bits per heavy atom. The van der Waals surface area contributed by atoms with E-state index in [0.29, 0.717) is 40.0 Å². The Morgan fingerprint density at radius 3 is 2.76 bits per heavy atom. The minimum absolute atomic E-state index is 0.00724. The van der Waals surface area contributed by atoms with Crippen molar-refractivity contribution >= 4 is 49.4 Å². The van der Waals surface area contributed by atoms with Crippen LogP contribution >= 0.6 is 23.2 Å². The average Bonchev–Trinajstić information content (AvgIpc) is 3.20. The first kappa shape index (κ1) is 20.1. The first-order chi connectivity index (χ1) is 13.7. The molecule has 1 aliphatic heterocycles. The van der Waals surface area contributed by atoms with Crippen molar-refractivity contribution in [1.82, 2.24) is 19.9 Å². The second kappa shape index (κ2) is 7.55. The topological polar surface area (TPSA) is 91.3 Å². The summed E-state index contributed by atoms with van der Waals surface area (Å²) < 4.78 is 37.8. The molecule has 0 radical (unpaired) electrons. The maximum atomic E-state index is 13.3. The monoisotopic (exact) mass is 455 g/mol. The molecule has 2 aromatic heterocycles. The van der Waals surface area contributed by atoms with Gasteiger partial charge in [-0.15, -0.1) is 0 Å². The summed E-state index contributed by atoms with van der Waals surface area (Å²) in [5.41, 5.74) is 1.65. The minimum Gasteiger partial charge on any atom is -0.338 e. The number of hydrogen-bond donors (Lipinski definition) is 1. The molecular formula is C18H16Cl2FN5O2S. The van der Waals surface area contributed by atoms with E-state index in [-0.39, 0.29) is 17.8 Å². The van der Waals surface area contributed by atoms with Crippen molar-refractivity contribution in [2.75, 3.05) is 12.8 Å². The van der Waals surface area contributed by atoms with Crippen molar-refractivity contribution in [3.63, 3.8) is 0 Å². The fraction of sp³-hybridized carbons (Fsp3) is 0.278. The van der Waals surface area contributed by atoms with Gasteiger partial charge in [0.1, 0.15) is 11.3 Å². The summed E-state index contributed by atoms with van der Waals surface area (Å²) in [6.07, 6.45) is 1.59. The zero-order chi connectivity index (χ0) is 20.8. The van der Waals surface area contributed by atoms with Gasteiger partial charge in [-0.05, 0) is 36.2 Å². The van der Waals surface area contributed by atoms with Gasteiger partial charge in [-0.3, -0.25) is 4.99 Å². The summed E-state index contributed by atoms with van der Waals surface area (Å²) in [7, 11) is -3.55. The molecule has 0 saturated heterocycles.